The molecule has 6 rings (SSSR count). The molecule has 3 heterocycles. The van der Waals surface area contributed by atoms with Crippen LogP contribution in [0, 0.1) is 0 Å². The summed E-state index contributed by atoms with van der Waals surface area (Å²) < 4.78 is 79.0. The fourth-order valence-corrected chi connectivity index (χ4v) is 6.43. The lowest BCUT2D eigenvalue weighted by molar-refractivity contribution is 0.0115. The average molecular weight is 605 g/mol. The van der Waals surface area contributed by atoms with Crippen LogP contribution in [0.4, 0.5) is 26.1 Å². The van der Waals surface area contributed by atoms with Crippen molar-refractivity contribution in [2.45, 2.75) is 42.5 Å². The van der Waals surface area contributed by atoms with Gasteiger partial charge in [-0.2, -0.15) is 5.10 Å². The zero-order valence-corrected chi connectivity index (χ0v) is 24.0. The molecule has 3 N–H and O–H groups in total. The first-order chi connectivity index (χ1) is 20.1. The minimum atomic E-state index is -4.33. The highest BCUT2D eigenvalue weighted by Crippen LogP contribution is 2.42. The van der Waals surface area contributed by atoms with Gasteiger partial charge >= 0.3 is 0 Å². The number of methoxy groups -OCH3 is 3. The number of hydrogen-bond acceptors (Lipinski definition) is 10. The second kappa shape index (κ2) is 10.6. The monoisotopic (exact) mass is 604 g/mol. The third-order valence-electron chi connectivity index (χ3n) is 7.34. The molecule has 1 aliphatic heterocycles. The molecule has 0 unspecified atom stereocenters. The SMILES string of the molecule is COc1cc2c(NS(=O)(=O)c3c(OC)cc(CN4CCC(F)(F)C4)cc3OC)noc2cc1Nc1cc(C2CC2)[nH]n1. The molecule has 2 aliphatic rings. The maximum atomic E-state index is 13.7. The molecule has 2 aromatic carbocycles. The van der Waals surface area contributed by atoms with Gasteiger partial charge in [0.1, 0.15) is 17.2 Å². The lowest BCUT2D eigenvalue weighted by atomic mass is 10.2. The predicted octanol–water partition coefficient (Wildman–Crippen LogP) is 4.84. The van der Waals surface area contributed by atoms with Crippen LogP contribution < -0.4 is 24.2 Å². The van der Waals surface area contributed by atoms with E-state index in [9.17, 15) is 17.2 Å². The fraction of sp³-hybridized carbons (Fsp3) is 0.407. The van der Waals surface area contributed by atoms with Gasteiger partial charge in [0.05, 0.1) is 38.9 Å². The topological polar surface area (TPSA) is 144 Å². The van der Waals surface area contributed by atoms with Crippen LogP contribution in [0.25, 0.3) is 11.0 Å². The molecule has 2 aromatic heterocycles. The highest BCUT2D eigenvalue weighted by Gasteiger charge is 2.38. The molecular formula is C27H30F2N6O6S. The maximum absolute atomic E-state index is 13.7. The lowest BCUT2D eigenvalue weighted by Gasteiger charge is -2.19. The van der Waals surface area contributed by atoms with Gasteiger partial charge in [-0.1, -0.05) is 5.16 Å². The fourth-order valence-electron chi connectivity index (χ4n) is 5.12. The first kappa shape index (κ1) is 28.0. The van der Waals surface area contributed by atoms with Gasteiger partial charge in [-0.05, 0) is 36.6 Å². The van der Waals surface area contributed by atoms with Crippen LogP contribution in [0.2, 0.25) is 0 Å². The van der Waals surface area contributed by atoms with Gasteiger partial charge in [0, 0.05) is 43.3 Å². The summed E-state index contributed by atoms with van der Waals surface area (Å²) in [6.07, 6.45) is 2.04. The minimum absolute atomic E-state index is 0.00996. The van der Waals surface area contributed by atoms with Crippen molar-refractivity contribution in [2.24, 2.45) is 0 Å². The first-order valence-corrected chi connectivity index (χ1v) is 14.7. The summed E-state index contributed by atoms with van der Waals surface area (Å²) in [5, 5.41) is 14.8. The molecule has 1 aliphatic carbocycles. The van der Waals surface area contributed by atoms with Crippen LogP contribution >= 0.6 is 0 Å². The molecule has 224 valence electrons. The standard InChI is InChI=1S/C27H30F2N6O6S/c1-38-21-10-17-20(11-19(21)30-24-12-18(31-32-24)16-4-5-16)41-33-26(17)34-42(36,37)25-22(39-2)8-15(9-23(25)40-3)13-35-7-6-27(28,29)14-35/h8-12,16H,4-7,13-14H2,1-3H3,(H,33,34)(H2,30,31,32). The smallest absolute Gasteiger partial charge is 0.270 e. The van der Waals surface area contributed by atoms with Gasteiger partial charge in [-0.3, -0.25) is 14.7 Å². The summed E-state index contributed by atoms with van der Waals surface area (Å²) in [6.45, 7) is 0.0328. The number of ether oxygens (including phenoxy) is 3. The number of likely N-dealkylation sites (tertiary alicyclic amines) is 1. The Kier molecular flexibility index (Phi) is 7.09. The number of hydrogen-bond donors (Lipinski definition) is 3. The Morgan fingerprint density at radius 1 is 1.07 bits per heavy atom. The van der Waals surface area contributed by atoms with E-state index in [0.29, 0.717) is 39.7 Å². The van der Waals surface area contributed by atoms with Crippen LogP contribution in [0.5, 0.6) is 17.2 Å². The summed E-state index contributed by atoms with van der Waals surface area (Å²) >= 11 is 0. The number of benzene rings is 2. The largest absolute Gasteiger partial charge is 0.495 e. The molecule has 0 amide bonds. The third-order valence-corrected chi connectivity index (χ3v) is 8.75. The van der Waals surface area contributed by atoms with Gasteiger partial charge in [0.15, 0.2) is 22.1 Å². The van der Waals surface area contributed by atoms with E-state index < -0.39 is 15.9 Å². The number of anilines is 3. The highest BCUT2D eigenvalue weighted by molar-refractivity contribution is 7.93. The van der Waals surface area contributed by atoms with E-state index in [2.05, 4.69) is 25.4 Å². The molecule has 1 saturated carbocycles. The number of sulfonamides is 1. The molecule has 0 spiro atoms. The number of rotatable bonds is 11. The first-order valence-electron chi connectivity index (χ1n) is 13.3. The normalized spacial score (nSPS) is 17.0. The van der Waals surface area contributed by atoms with Gasteiger partial charge in [0.25, 0.3) is 15.9 Å². The summed E-state index contributed by atoms with van der Waals surface area (Å²) in [5.41, 5.74) is 2.48. The number of alkyl halides is 2. The zero-order valence-electron chi connectivity index (χ0n) is 23.2. The molecule has 12 nitrogen and oxygen atoms in total. The number of nitrogens with zero attached hydrogens (tertiary/aromatic N) is 3. The van der Waals surface area contributed by atoms with Crippen LogP contribution in [-0.2, 0) is 16.6 Å². The van der Waals surface area contributed by atoms with E-state index >= 15 is 0 Å². The van der Waals surface area contributed by atoms with E-state index in [1.807, 2.05) is 6.07 Å². The predicted molar refractivity (Wildman–Crippen MR) is 150 cm³/mol. The highest BCUT2D eigenvalue weighted by atomic mass is 32.2. The van der Waals surface area contributed by atoms with Crippen molar-refractivity contribution in [2.75, 3.05) is 44.5 Å². The summed E-state index contributed by atoms with van der Waals surface area (Å²) in [5.74, 6) is -1.31. The van der Waals surface area contributed by atoms with E-state index in [1.54, 1.807) is 17.0 Å². The Morgan fingerprint density at radius 2 is 1.79 bits per heavy atom. The molecule has 15 heteroatoms. The number of H-pyrrole nitrogens is 1. The Hall–Kier alpha value is -4.11. The number of halogens is 2. The Balaban J connectivity index is 1.28. The van der Waals surface area contributed by atoms with Crippen molar-refractivity contribution in [3.05, 3.63) is 41.6 Å². The van der Waals surface area contributed by atoms with Crippen molar-refractivity contribution in [3.63, 3.8) is 0 Å². The average Bonchev–Trinajstić information content (AvgIpc) is 3.44. The Morgan fingerprint density at radius 3 is 2.40 bits per heavy atom. The molecule has 4 aromatic rings. The third kappa shape index (κ3) is 5.53. The van der Waals surface area contributed by atoms with Gasteiger partial charge in [-0.25, -0.2) is 17.2 Å². The van der Waals surface area contributed by atoms with Crippen LogP contribution in [-0.4, -0.2) is 69.0 Å². The number of aromatic amines is 1. The second-order valence-electron chi connectivity index (χ2n) is 10.4. The van der Waals surface area contributed by atoms with E-state index in [0.717, 1.165) is 18.5 Å². The molecule has 42 heavy (non-hydrogen) atoms. The quantitative estimate of drug-likeness (QED) is 0.218. The van der Waals surface area contributed by atoms with Crippen molar-refractivity contribution in [1.82, 2.24) is 20.3 Å². The van der Waals surface area contributed by atoms with Gasteiger partial charge in [-0.15, -0.1) is 0 Å². The lowest BCUT2D eigenvalue weighted by Crippen LogP contribution is -2.25. The summed E-state index contributed by atoms with van der Waals surface area (Å²) in [6, 6.07) is 8.18. The molecule has 0 bridgehead atoms. The van der Waals surface area contributed by atoms with Gasteiger partial charge in [0.2, 0.25) is 0 Å². The van der Waals surface area contributed by atoms with E-state index in [-0.39, 0.29) is 48.3 Å². The molecule has 0 radical (unpaired) electrons. The van der Waals surface area contributed by atoms with Crippen molar-refractivity contribution >= 4 is 38.3 Å². The van der Waals surface area contributed by atoms with Crippen molar-refractivity contribution < 1.29 is 35.9 Å². The molecule has 1 saturated heterocycles. The maximum Gasteiger partial charge on any atom is 0.270 e. The van der Waals surface area contributed by atoms with Gasteiger partial charge < -0.3 is 24.1 Å². The summed E-state index contributed by atoms with van der Waals surface area (Å²) in [7, 11) is -0.199. The summed E-state index contributed by atoms with van der Waals surface area (Å²) in [4.78, 5) is 1.32. The van der Waals surface area contributed by atoms with E-state index in [1.165, 1.54) is 33.5 Å². The number of aromatic nitrogens is 3. The van der Waals surface area contributed by atoms with Crippen LogP contribution in [0.3, 0.4) is 0 Å². The van der Waals surface area contributed by atoms with Crippen molar-refractivity contribution in [1.29, 1.82) is 0 Å². The van der Waals surface area contributed by atoms with Crippen LogP contribution in [0.15, 0.2) is 39.8 Å². The van der Waals surface area contributed by atoms with Crippen LogP contribution in [0.1, 0.15) is 36.4 Å². The molecule has 0 atom stereocenters. The zero-order chi connectivity index (χ0) is 29.6. The van der Waals surface area contributed by atoms with E-state index in [4.69, 9.17) is 18.7 Å². The number of fused-ring (bicyclic) bond motifs is 1. The van der Waals surface area contributed by atoms with Crippen molar-refractivity contribution in [3.8, 4) is 17.2 Å². The molecule has 2 fully saturated rings. The second-order valence-corrected chi connectivity index (χ2v) is 12.1. The minimum Gasteiger partial charge on any atom is -0.495 e. The molecular weight excluding hydrogens is 574 g/mol. The Labute approximate surface area is 240 Å². The number of nitrogens with one attached hydrogen (secondary N) is 3. The Bertz CT molecular complexity index is 1710.